The van der Waals surface area contributed by atoms with Crippen molar-refractivity contribution in [1.82, 2.24) is 15.5 Å². The Labute approximate surface area is 297 Å². The number of amides is 2. The molecule has 3 aliphatic rings. The maximum absolute atomic E-state index is 13.8. The quantitative estimate of drug-likeness (QED) is 0.221. The fourth-order valence-electron chi connectivity index (χ4n) is 8.18. The van der Waals surface area contributed by atoms with Crippen LogP contribution in [0.3, 0.4) is 0 Å². The second-order valence-electron chi connectivity index (χ2n) is 15.7. The lowest BCUT2D eigenvalue weighted by Gasteiger charge is -2.51. The number of likely N-dealkylation sites (tertiary alicyclic amines) is 1. The summed E-state index contributed by atoms with van der Waals surface area (Å²) in [6, 6.07) is 24.8. The van der Waals surface area contributed by atoms with Crippen molar-refractivity contribution in [3.63, 3.8) is 0 Å². The fourth-order valence-corrected chi connectivity index (χ4v) is 8.18. The molecule has 1 aliphatic carbocycles. The van der Waals surface area contributed by atoms with E-state index in [0.29, 0.717) is 25.0 Å². The van der Waals surface area contributed by atoms with E-state index in [0.717, 1.165) is 52.6 Å². The SMILES string of the molecule is CC(=O)NCc1cccc(-c2ccc([C@H]3O[C@@H](CN4[C@@H](C(=O)NC(C)(C)C)CC[C@H]5CCCC[C@H]54)[C@@H](C)[C@@H](c4ccc(CO)cc4)O3)cc2)c1. The average molecular weight is 682 g/mol. The number of hydrogen-bond acceptors (Lipinski definition) is 6. The van der Waals surface area contributed by atoms with Crippen molar-refractivity contribution >= 4 is 11.8 Å². The molecule has 0 radical (unpaired) electrons. The summed E-state index contributed by atoms with van der Waals surface area (Å²) >= 11 is 0. The molecule has 50 heavy (non-hydrogen) atoms. The van der Waals surface area contributed by atoms with E-state index in [2.05, 4.69) is 91.8 Å². The van der Waals surface area contributed by atoms with Crippen LogP contribution in [-0.4, -0.2) is 52.1 Å². The number of rotatable bonds is 9. The molecule has 8 heteroatoms. The van der Waals surface area contributed by atoms with E-state index in [-0.39, 0.29) is 48.1 Å². The zero-order chi connectivity index (χ0) is 35.4. The molecule has 2 saturated heterocycles. The van der Waals surface area contributed by atoms with Crippen molar-refractivity contribution in [2.45, 2.75) is 122 Å². The van der Waals surface area contributed by atoms with Gasteiger partial charge in [-0.3, -0.25) is 14.5 Å². The van der Waals surface area contributed by atoms with E-state index in [1.807, 2.05) is 24.3 Å². The minimum atomic E-state index is -0.590. The Hall–Kier alpha value is -3.56. The highest BCUT2D eigenvalue weighted by Crippen LogP contribution is 2.44. The number of benzene rings is 3. The van der Waals surface area contributed by atoms with Gasteiger partial charge in [-0.25, -0.2) is 0 Å². The molecule has 3 N–H and O–H groups in total. The maximum Gasteiger partial charge on any atom is 0.237 e. The molecule has 1 saturated carbocycles. The van der Waals surface area contributed by atoms with Gasteiger partial charge in [0.15, 0.2) is 6.29 Å². The van der Waals surface area contributed by atoms with Crippen molar-refractivity contribution in [1.29, 1.82) is 0 Å². The van der Waals surface area contributed by atoms with Crippen LogP contribution < -0.4 is 10.6 Å². The van der Waals surface area contributed by atoms with Crippen molar-refractivity contribution in [3.8, 4) is 11.1 Å². The van der Waals surface area contributed by atoms with Crippen LogP contribution in [0.5, 0.6) is 0 Å². The molecule has 6 rings (SSSR count). The lowest BCUT2D eigenvalue weighted by atomic mass is 9.75. The number of aliphatic hydroxyl groups is 1. The first-order chi connectivity index (χ1) is 24.0. The van der Waals surface area contributed by atoms with E-state index in [9.17, 15) is 14.7 Å². The molecule has 2 amide bonds. The van der Waals surface area contributed by atoms with Crippen LogP contribution in [0.25, 0.3) is 11.1 Å². The third-order valence-corrected chi connectivity index (χ3v) is 10.8. The van der Waals surface area contributed by atoms with Gasteiger partial charge in [0.25, 0.3) is 0 Å². The summed E-state index contributed by atoms with van der Waals surface area (Å²) in [4.78, 5) is 27.8. The number of ether oxygens (including phenoxy) is 2. The smallest absolute Gasteiger partial charge is 0.237 e. The number of nitrogens with one attached hydrogen (secondary N) is 2. The Bertz CT molecular complexity index is 1600. The van der Waals surface area contributed by atoms with Crippen molar-refractivity contribution in [2.24, 2.45) is 11.8 Å². The molecule has 3 aromatic rings. The predicted octanol–water partition coefficient (Wildman–Crippen LogP) is 7.21. The Kier molecular flexibility index (Phi) is 11.4. The molecule has 0 bridgehead atoms. The summed E-state index contributed by atoms with van der Waals surface area (Å²) in [6.07, 6.45) is 5.77. The lowest BCUT2D eigenvalue weighted by molar-refractivity contribution is -0.278. The zero-order valence-electron chi connectivity index (χ0n) is 30.4. The Morgan fingerprint density at radius 1 is 0.860 bits per heavy atom. The minimum Gasteiger partial charge on any atom is -0.392 e. The second kappa shape index (κ2) is 15.8. The van der Waals surface area contributed by atoms with E-state index in [1.165, 1.54) is 26.2 Å². The monoisotopic (exact) mass is 681 g/mol. The summed E-state index contributed by atoms with van der Waals surface area (Å²) in [5, 5.41) is 15.9. The second-order valence-corrected chi connectivity index (χ2v) is 15.7. The molecule has 268 valence electrons. The average Bonchev–Trinajstić information content (AvgIpc) is 3.11. The van der Waals surface area contributed by atoms with Crippen molar-refractivity contribution in [3.05, 3.63) is 95.1 Å². The summed E-state index contributed by atoms with van der Waals surface area (Å²) in [7, 11) is 0. The Morgan fingerprint density at radius 3 is 2.28 bits per heavy atom. The van der Waals surface area contributed by atoms with E-state index in [4.69, 9.17) is 9.47 Å². The first kappa shape index (κ1) is 36.2. The number of carbonyl (C=O) groups is 2. The molecule has 0 unspecified atom stereocenters. The molecule has 0 aromatic heterocycles. The molecular formula is C42H55N3O5. The van der Waals surface area contributed by atoms with Crippen molar-refractivity contribution < 1.29 is 24.2 Å². The molecule has 3 aromatic carbocycles. The molecule has 2 heterocycles. The van der Waals surface area contributed by atoms with Gasteiger partial charge in [0.2, 0.25) is 11.8 Å². The van der Waals surface area contributed by atoms with Gasteiger partial charge in [-0.1, -0.05) is 86.5 Å². The van der Waals surface area contributed by atoms with Crippen LogP contribution in [0, 0.1) is 11.8 Å². The Morgan fingerprint density at radius 2 is 1.58 bits per heavy atom. The Balaban J connectivity index is 1.29. The van der Waals surface area contributed by atoms with E-state index < -0.39 is 6.29 Å². The number of nitrogens with zero attached hydrogens (tertiary/aromatic N) is 1. The van der Waals surface area contributed by atoms with Gasteiger partial charge in [-0.05, 0) is 86.3 Å². The number of hydrogen-bond donors (Lipinski definition) is 3. The van der Waals surface area contributed by atoms with Gasteiger partial charge in [0.1, 0.15) is 0 Å². The molecule has 0 spiro atoms. The summed E-state index contributed by atoms with van der Waals surface area (Å²) in [6.45, 7) is 11.0. The summed E-state index contributed by atoms with van der Waals surface area (Å²) in [5.41, 5.74) is 5.74. The highest BCUT2D eigenvalue weighted by Gasteiger charge is 2.46. The topological polar surface area (TPSA) is 100 Å². The predicted molar refractivity (Wildman–Crippen MR) is 196 cm³/mol. The normalized spacial score (nSPS) is 27.3. The van der Waals surface area contributed by atoms with Gasteiger partial charge in [0, 0.05) is 43.1 Å². The van der Waals surface area contributed by atoms with Crippen LogP contribution in [0.4, 0.5) is 0 Å². The van der Waals surface area contributed by atoms with Gasteiger partial charge < -0.3 is 25.2 Å². The maximum atomic E-state index is 13.8. The number of carbonyl (C=O) groups excluding carboxylic acids is 2. The van der Waals surface area contributed by atoms with Crippen molar-refractivity contribution in [2.75, 3.05) is 6.54 Å². The molecule has 3 fully saturated rings. The van der Waals surface area contributed by atoms with E-state index in [1.54, 1.807) is 0 Å². The first-order valence-electron chi connectivity index (χ1n) is 18.5. The standard InChI is InChI=1S/C42H55N3O5/c1-27-38(25-45-36-12-7-6-10-32(36)21-22-37(45)40(48)44-42(3,4)5)49-41(50-39(27)33-15-13-29(26-46)14-16-33)34-19-17-31(18-20-34)35-11-8-9-30(23-35)24-43-28(2)47/h8-9,11,13-20,23,27,32,36-39,41,46H,6-7,10,12,21-22,24-26H2,1-5H3,(H,43,47)(H,44,48)/t27-,32-,36-,37-,38+,39+,41+/m1/s1. The molecule has 7 atom stereocenters. The zero-order valence-corrected chi connectivity index (χ0v) is 30.4. The van der Waals surface area contributed by atoms with Crippen LogP contribution in [0.2, 0.25) is 0 Å². The third-order valence-electron chi connectivity index (χ3n) is 10.8. The minimum absolute atomic E-state index is 0.00620. The highest BCUT2D eigenvalue weighted by molar-refractivity contribution is 5.82. The van der Waals surface area contributed by atoms with Crippen LogP contribution in [-0.2, 0) is 32.2 Å². The number of fused-ring (bicyclic) bond motifs is 1. The number of piperidine rings is 1. The van der Waals surface area contributed by atoms with Gasteiger partial charge in [0.05, 0.1) is 24.9 Å². The van der Waals surface area contributed by atoms with E-state index >= 15 is 0 Å². The summed E-state index contributed by atoms with van der Waals surface area (Å²) in [5.74, 6) is 0.697. The van der Waals surface area contributed by atoms with Crippen LogP contribution in [0.15, 0.2) is 72.8 Å². The van der Waals surface area contributed by atoms with Gasteiger partial charge >= 0.3 is 0 Å². The lowest BCUT2D eigenvalue weighted by Crippen LogP contribution is -2.61. The number of aliphatic hydroxyl groups excluding tert-OH is 1. The molecule has 8 nitrogen and oxygen atoms in total. The molecule has 2 aliphatic heterocycles. The largest absolute Gasteiger partial charge is 0.392 e. The molecular weight excluding hydrogens is 626 g/mol. The third kappa shape index (κ3) is 8.65. The first-order valence-corrected chi connectivity index (χ1v) is 18.5. The fraction of sp³-hybridized carbons (Fsp3) is 0.524. The summed E-state index contributed by atoms with van der Waals surface area (Å²) < 4.78 is 13.7. The highest BCUT2D eigenvalue weighted by atomic mass is 16.7. The van der Waals surface area contributed by atoms with Crippen LogP contribution >= 0.6 is 0 Å². The van der Waals surface area contributed by atoms with Gasteiger partial charge in [-0.2, -0.15) is 0 Å². The van der Waals surface area contributed by atoms with Crippen LogP contribution in [0.1, 0.15) is 108 Å². The van der Waals surface area contributed by atoms with Gasteiger partial charge in [-0.15, -0.1) is 0 Å².